The van der Waals surface area contributed by atoms with Crippen LogP contribution >= 0.6 is 0 Å². The number of hydrogen-bond acceptors (Lipinski definition) is 4. The van der Waals surface area contributed by atoms with Crippen LogP contribution in [0.25, 0.3) is 11.1 Å². The summed E-state index contributed by atoms with van der Waals surface area (Å²) in [6, 6.07) is 26.2. The van der Waals surface area contributed by atoms with E-state index in [0.29, 0.717) is 17.0 Å². The SMILES string of the molecule is COc1ccc(-c2cncc(C(=O)Nc3ccc(Oc4ccccc4)cc3)c2)cc1. The molecule has 0 unspecified atom stereocenters. The van der Waals surface area contributed by atoms with Gasteiger partial charge in [-0.3, -0.25) is 9.78 Å². The molecule has 1 amide bonds. The maximum absolute atomic E-state index is 12.7. The molecule has 0 aliphatic heterocycles. The molecule has 0 fully saturated rings. The Bertz CT molecular complexity index is 1130. The first-order valence-corrected chi connectivity index (χ1v) is 9.45. The number of hydrogen-bond donors (Lipinski definition) is 1. The summed E-state index contributed by atoms with van der Waals surface area (Å²) in [5, 5.41) is 2.89. The number of aromatic nitrogens is 1. The van der Waals surface area contributed by atoms with Crippen LogP contribution in [0.5, 0.6) is 17.2 Å². The molecule has 0 spiro atoms. The van der Waals surface area contributed by atoms with Crippen molar-refractivity contribution in [1.29, 1.82) is 0 Å². The number of anilines is 1. The van der Waals surface area contributed by atoms with E-state index in [0.717, 1.165) is 22.6 Å². The van der Waals surface area contributed by atoms with Crippen LogP contribution in [0.1, 0.15) is 10.4 Å². The van der Waals surface area contributed by atoms with Crippen molar-refractivity contribution in [2.75, 3.05) is 12.4 Å². The molecule has 0 saturated heterocycles. The number of pyridine rings is 1. The summed E-state index contributed by atoms with van der Waals surface area (Å²) in [5.41, 5.74) is 2.97. The standard InChI is InChI=1S/C25H20N2O3/c1-29-22-11-7-18(8-12-22)19-15-20(17-26-16-19)25(28)27-21-9-13-24(14-10-21)30-23-5-3-2-4-6-23/h2-17H,1H3,(H,27,28). The monoisotopic (exact) mass is 396 g/mol. The molecule has 4 aromatic rings. The number of ether oxygens (including phenoxy) is 2. The molecule has 30 heavy (non-hydrogen) atoms. The average Bonchev–Trinajstić information content (AvgIpc) is 2.81. The predicted octanol–water partition coefficient (Wildman–Crippen LogP) is 5.80. The number of para-hydroxylation sites is 1. The van der Waals surface area contributed by atoms with Gasteiger partial charge in [-0.05, 0) is 60.2 Å². The molecule has 5 nitrogen and oxygen atoms in total. The molecule has 3 aromatic carbocycles. The van der Waals surface area contributed by atoms with Crippen LogP contribution < -0.4 is 14.8 Å². The molecule has 1 N–H and O–H groups in total. The van der Waals surface area contributed by atoms with Gasteiger partial charge in [-0.1, -0.05) is 30.3 Å². The van der Waals surface area contributed by atoms with E-state index in [2.05, 4.69) is 10.3 Å². The molecule has 1 aromatic heterocycles. The lowest BCUT2D eigenvalue weighted by Crippen LogP contribution is -2.12. The molecule has 0 saturated carbocycles. The lowest BCUT2D eigenvalue weighted by Gasteiger charge is -2.09. The van der Waals surface area contributed by atoms with Crippen LogP contribution in [-0.2, 0) is 0 Å². The Kier molecular flexibility index (Phi) is 5.71. The summed E-state index contributed by atoms with van der Waals surface area (Å²) in [4.78, 5) is 16.9. The van der Waals surface area contributed by atoms with Gasteiger partial charge < -0.3 is 14.8 Å². The van der Waals surface area contributed by atoms with Gasteiger partial charge in [-0.15, -0.1) is 0 Å². The van der Waals surface area contributed by atoms with Gasteiger partial charge in [0.15, 0.2) is 0 Å². The van der Waals surface area contributed by atoms with Gasteiger partial charge in [0.25, 0.3) is 5.91 Å². The van der Waals surface area contributed by atoms with Crippen LogP contribution in [0.15, 0.2) is 97.3 Å². The highest BCUT2D eigenvalue weighted by Crippen LogP contribution is 2.24. The van der Waals surface area contributed by atoms with E-state index in [1.165, 1.54) is 0 Å². The summed E-state index contributed by atoms with van der Waals surface area (Å²) >= 11 is 0. The first-order chi connectivity index (χ1) is 14.7. The lowest BCUT2D eigenvalue weighted by molar-refractivity contribution is 0.102. The Balaban J connectivity index is 1.44. The predicted molar refractivity (Wildman–Crippen MR) is 117 cm³/mol. The second-order valence-corrected chi connectivity index (χ2v) is 6.58. The number of carbonyl (C=O) groups is 1. The van der Waals surface area contributed by atoms with Gasteiger partial charge in [0.2, 0.25) is 0 Å². The minimum Gasteiger partial charge on any atom is -0.497 e. The van der Waals surface area contributed by atoms with Gasteiger partial charge in [-0.25, -0.2) is 0 Å². The van der Waals surface area contributed by atoms with E-state index in [1.54, 1.807) is 31.6 Å². The minimum absolute atomic E-state index is 0.227. The molecular weight excluding hydrogens is 376 g/mol. The van der Waals surface area contributed by atoms with E-state index < -0.39 is 0 Å². The van der Waals surface area contributed by atoms with Crippen molar-refractivity contribution in [3.8, 4) is 28.4 Å². The quantitative estimate of drug-likeness (QED) is 0.447. The molecule has 148 valence electrons. The molecule has 0 aliphatic rings. The fourth-order valence-corrected chi connectivity index (χ4v) is 2.94. The smallest absolute Gasteiger partial charge is 0.257 e. The lowest BCUT2D eigenvalue weighted by atomic mass is 10.1. The Labute approximate surface area is 174 Å². The number of methoxy groups -OCH3 is 1. The number of benzene rings is 3. The molecule has 5 heteroatoms. The van der Waals surface area contributed by atoms with Crippen molar-refractivity contribution in [2.24, 2.45) is 0 Å². The summed E-state index contributed by atoms with van der Waals surface area (Å²) in [6.07, 6.45) is 3.28. The van der Waals surface area contributed by atoms with E-state index in [-0.39, 0.29) is 5.91 Å². The van der Waals surface area contributed by atoms with Crippen molar-refractivity contribution < 1.29 is 14.3 Å². The van der Waals surface area contributed by atoms with E-state index in [9.17, 15) is 4.79 Å². The van der Waals surface area contributed by atoms with Gasteiger partial charge in [0.05, 0.1) is 12.7 Å². The van der Waals surface area contributed by atoms with Gasteiger partial charge in [0.1, 0.15) is 17.2 Å². The van der Waals surface area contributed by atoms with Crippen LogP contribution in [0, 0.1) is 0 Å². The normalized spacial score (nSPS) is 10.3. The summed E-state index contributed by atoms with van der Waals surface area (Å²) in [7, 11) is 1.63. The Morgan fingerprint density at radius 2 is 1.43 bits per heavy atom. The van der Waals surface area contributed by atoms with Crippen molar-refractivity contribution in [3.05, 3.63) is 103 Å². The van der Waals surface area contributed by atoms with Crippen LogP contribution in [0.2, 0.25) is 0 Å². The van der Waals surface area contributed by atoms with E-state index >= 15 is 0 Å². The maximum atomic E-state index is 12.7. The van der Waals surface area contributed by atoms with Crippen molar-refractivity contribution >= 4 is 11.6 Å². The summed E-state index contributed by atoms with van der Waals surface area (Å²) < 4.78 is 11.0. The van der Waals surface area contributed by atoms with Gasteiger partial charge in [-0.2, -0.15) is 0 Å². The average molecular weight is 396 g/mol. The molecule has 0 aliphatic carbocycles. The second-order valence-electron chi connectivity index (χ2n) is 6.58. The zero-order chi connectivity index (χ0) is 20.8. The number of carbonyl (C=O) groups excluding carboxylic acids is 1. The Morgan fingerprint density at radius 1 is 0.767 bits per heavy atom. The fourth-order valence-electron chi connectivity index (χ4n) is 2.94. The minimum atomic E-state index is -0.227. The van der Waals surface area contributed by atoms with Crippen LogP contribution in [0.3, 0.4) is 0 Å². The van der Waals surface area contributed by atoms with Crippen molar-refractivity contribution in [2.45, 2.75) is 0 Å². The van der Waals surface area contributed by atoms with Crippen LogP contribution in [-0.4, -0.2) is 18.0 Å². The topological polar surface area (TPSA) is 60.5 Å². The second kappa shape index (κ2) is 8.92. The highest BCUT2D eigenvalue weighted by atomic mass is 16.5. The molecule has 0 atom stereocenters. The third kappa shape index (κ3) is 4.64. The number of nitrogens with zero attached hydrogens (tertiary/aromatic N) is 1. The van der Waals surface area contributed by atoms with Gasteiger partial charge in [0, 0.05) is 23.6 Å². The highest BCUT2D eigenvalue weighted by molar-refractivity contribution is 6.04. The third-order valence-corrected chi connectivity index (χ3v) is 4.51. The molecule has 0 bridgehead atoms. The molecule has 1 heterocycles. The zero-order valence-electron chi connectivity index (χ0n) is 16.4. The Morgan fingerprint density at radius 3 is 2.13 bits per heavy atom. The largest absolute Gasteiger partial charge is 0.497 e. The molecule has 0 radical (unpaired) electrons. The van der Waals surface area contributed by atoms with E-state index in [1.807, 2.05) is 72.8 Å². The van der Waals surface area contributed by atoms with Crippen molar-refractivity contribution in [3.63, 3.8) is 0 Å². The number of nitrogens with one attached hydrogen (secondary N) is 1. The first-order valence-electron chi connectivity index (χ1n) is 9.45. The zero-order valence-corrected chi connectivity index (χ0v) is 16.4. The summed E-state index contributed by atoms with van der Waals surface area (Å²) in [5.74, 6) is 2.01. The fraction of sp³-hybridized carbons (Fsp3) is 0.0400. The number of amides is 1. The summed E-state index contributed by atoms with van der Waals surface area (Å²) in [6.45, 7) is 0. The Hall–Kier alpha value is -4.12. The van der Waals surface area contributed by atoms with E-state index in [4.69, 9.17) is 9.47 Å². The molecule has 4 rings (SSSR count). The first kappa shape index (κ1) is 19.2. The maximum Gasteiger partial charge on any atom is 0.257 e. The van der Waals surface area contributed by atoms with Gasteiger partial charge >= 0.3 is 0 Å². The number of rotatable bonds is 6. The van der Waals surface area contributed by atoms with Crippen molar-refractivity contribution in [1.82, 2.24) is 4.98 Å². The van der Waals surface area contributed by atoms with Crippen LogP contribution in [0.4, 0.5) is 5.69 Å². The molecular formula is C25H20N2O3. The highest BCUT2D eigenvalue weighted by Gasteiger charge is 2.09. The third-order valence-electron chi connectivity index (χ3n) is 4.51.